The Kier molecular flexibility index (Phi) is 5.74. The van der Waals surface area contributed by atoms with Gasteiger partial charge in [0, 0.05) is 0 Å². The van der Waals surface area contributed by atoms with Crippen molar-refractivity contribution in [2.75, 3.05) is 19.7 Å². The number of hydrogen-bond acceptors (Lipinski definition) is 3. The van der Waals surface area contributed by atoms with Crippen molar-refractivity contribution in [1.29, 1.82) is 0 Å². The Morgan fingerprint density at radius 1 is 1.29 bits per heavy atom. The van der Waals surface area contributed by atoms with Crippen LogP contribution in [0.5, 0.6) is 0 Å². The molecule has 17 heavy (non-hydrogen) atoms. The molecule has 1 heterocycles. The number of rotatable bonds is 3. The van der Waals surface area contributed by atoms with E-state index in [4.69, 9.17) is 4.74 Å². The van der Waals surface area contributed by atoms with Crippen LogP contribution in [0.15, 0.2) is 0 Å². The highest BCUT2D eigenvalue weighted by atomic mass is 35.5. The predicted octanol–water partition coefficient (Wildman–Crippen LogP) is 2.53. The average Bonchev–Trinajstić information content (AvgIpc) is 2.81. The molecule has 3 nitrogen and oxygen atoms in total. The van der Waals surface area contributed by atoms with Gasteiger partial charge in [0.15, 0.2) is 0 Å². The zero-order valence-corrected chi connectivity index (χ0v) is 11.5. The van der Waals surface area contributed by atoms with Gasteiger partial charge in [-0.05, 0) is 51.6 Å². The molecule has 2 aliphatic rings. The predicted molar refractivity (Wildman–Crippen MR) is 70.4 cm³/mol. The number of halogens is 1. The molecule has 0 amide bonds. The summed E-state index contributed by atoms with van der Waals surface area (Å²) in [6, 6.07) is 0. The number of carbonyl (C=O) groups is 1. The molecule has 1 saturated heterocycles. The Morgan fingerprint density at radius 3 is 2.41 bits per heavy atom. The summed E-state index contributed by atoms with van der Waals surface area (Å²) in [7, 11) is 0. The molecule has 2 rings (SSSR count). The monoisotopic (exact) mass is 261 g/mol. The fraction of sp³-hybridized carbons (Fsp3) is 0.923. The first-order valence-electron chi connectivity index (χ1n) is 6.67. The van der Waals surface area contributed by atoms with Crippen LogP contribution in [-0.4, -0.2) is 25.7 Å². The third kappa shape index (κ3) is 2.94. The number of nitrogens with one attached hydrogen (secondary N) is 1. The normalized spacial score (nSPS) is 24.1. The van der Waals surface area contributed by atoms with Gasteiger partial charge >= 0.3 is 5.97 Å². The number of piperidine rings is 1. The summed E-state index contributed by atoms with van der Waals surface area (Å²) in [5.41, 5.74) is -0.127. The molecule has 1 saturated carbocycles. The van der Waals surface area contributed by atoms with Crippen LogP contribution in [-0.2, 0) is 9.53 Å². The smallest absolute Gasteiger partial charge is 0.312 e. The van der Waals surface area contributed by atoms with Crippen molar-refractivity contribution < 1.29 is 9.53 Å². The molecule has 0 atom stereocenters. The van der Waals surface area contributed by atoms with Crippen LogP contribution in [0.2, 0.25) is 0 Å². The van der Waals surface area contributed by atoms with Gasteiger partial charge in [0.05, 0.1) is 12.0 Å². The Morgan fingerprint density at radius 2 is 1.88 bits per heavy atom. The molecule has 0 aromatic carbocycles. The van der Waals surface area contributed by atoms with Crippen molar-refractivity contribution in [3.8, 4) is 0 Å². The Bertz CT molecular complexity index is 246. The van der Waals surface area contributed by atoms with Gasteiger partial charge in [-0.3, -0.25) is 4.79 Å². The summed E-state index contributed by atoms with van der Waals surface area (Å²) in [5, 5.41) is 3.37. The molecule has 2 fully saturated rings. The second-order valence-electron chi connectivity index (χ2n) is 5.11. The molecule has 1 aliphatic heterocycles. The van der Waals surface area contributed by atoms with Crippen LogP contribution in [0, 0.1) is 11.3 Å². The van der Waals surface area contributed by atoms with Crippen molar-refractivity contribution in [2.24, 2.45) is 11.3 Å². The molecule has 0 aromatic rings. The van der Waals surface area contributed by atoms with Crippen molar-refractivity contribution in [2.45, 2.75) is 45.4 Å². The zero-order chi connectivity index (χ0) is 11.4. The lowest BCUT2D eigenvalue weighted by Gasteiger charge is -2.37. The minimum absolute atomic E-state index is 0. The second kappa shape index (κ2) is 6.60. The molecule has 1 N–H and O–H groups in total. The standard InChI is InChI=1S/C13H23NO2.ClH/c1-2-16-12(15)13(7-3-4-8-13)11-5-9-14-10-6-11;/h11,14H,2-10H2,1H3;1H. The third-order valence-electron chi connectivity index (χ3n) is 4.30. The molecule has 0 radical (unpaired) electrons. The Balaban J connectivity index is 0.00000144. The Labute approximate surface area is 110 Å². The summed E-state index contributed by atoms with van der Waals surface area (Å²) in [5.74, 6) is 0.634. The van der Waals surface area contributed by atoms with E-state index >= 15 is 0 Å². The molecule has 0 spiro atoms. The van der Waals surface area contributed by atoms with Crippen molar-refractivity contribution in [3.63, 3.8) is 0 Å². The first-order valence-corrected chi connectivity index (χ1v) is 6.67. The van der Waals surface area contributed by atoms with Gasteiger partial charge in [0.1, 0.15) is 0 Å². The average molecular weight is 262 g/mol. The molecule has 0 unspecified atom stereocenters. The van der Waals surface area contributed by atoms with Crippen molar-refractivity contribution in [3.05, 3.63) is 0 Å². The van der Waals surface area contributed by atoms with Gasteiger partial charge < -0.3 is 10.1 Å². The lowest BCUT2D eigenvalue weighted by Crippen LogP contribution is -2.43. The first kappa shape index (κ1) is 14.8. The quantitative estimate of drug-likeness (QED) is 0.794. The first-order chi connectivity index (χ1) is 7.79. The van der Waals surface area contributed by atoms with E-state index in [1.807, 2.05) is 6.92 Å². The minimum atomic E-state index is -0.127. The summed E-state index contributed by atoms with van der Waals surface area (Å²) < 4.78 is 5.32. The highest BCUT2D eigenvalue weighted by Gasteiger charge is 2.48. The van der Waals surface area contributed by atoms with Gasteiger partial charge in [-0.2, -0.15) is 0 Å². The summed E-state index contributed by atoms with van der Waals surface area (Å²) in [6.07, 6.45) is 6.77. The van der Waals surface area contributed by atoms with Crippen LogP contribution in [0.4, 0.5) is 0 Å². The van der Waals surface area contributed by atoms with E-state index in [0.717, 1.165) is 38.8 Å². The lowest BCUT2D eigenvalue weighted by molar-refractivity contribution is -0.159. The van der Waals surface area contributed by atoms with Gasteiger partial charge in [0.2, 0.25) is 0 Å². The Hall–Kier alpha value is -0.280. The van der Waals surface area contributed by atoms with E-state index in [2.05, 4.69) is 5.32 Å². The van der Waals surface area contributed by atoms with E-state index in [0.29, 0.717) is 12.5 Å². The van der Waals surface area contributed by atoms with Crippen LogP contribution in [0.25, 0.3) is 0 Å². The second-order valence-corrected chi connectivity index (χ2v) is 5.11. The van der Waals surface area contributed by atoms with Crippen LogP contribution in [0.1, 0.15) is 45.4 Å². The fourth-order valence-electron chi connectivity index (χ4n) is 3.43. The number of esters is 1. The van der Waals surface area contributed by atoms with Gasteiger partial charge in [0.25, 0.3) is 0 Å². The third-order valence-corrected chi connectivity index (χ3v) is 4.30. The summed E-state index contributed by atoms with van der Waals surface area (Å²) >= 11 is 0. The maximum Gasteiger partial charge on any atom is 0.312 e. The lowest BCUT2D eigenvalue weighted by atomic mass is 9.70. The molecular formula is C13H24ClNO2. The maximum absolute atomic E-state index is 12.2. The molecule has 1 aliphatic carbocycles. The minimum Gasteiger partial charge on any atom is -0.466 e. The summed E-state index contributed by atoms with van der Waals surface area (Å²) in [6.45, 7) is 4.55. The van der Waals surface area contributed by atoms with Gasteiger partial charge in [-0.25, -0.2) is 0 Å². The largest absolute Gasteiger partial charge is 0.466 e. The maximum atomic E-state index is 12.2. The van der Waals surface area contributed by atoms with E-state index in [1.165, 1.54) is 12.8 Å². The van der Waals surface area contributed by atoms with Crippen LogP contribution in [0.3, 0.4) is 0 Å². The number of hydrogen-bond donors (Lipinski definition) is 1. The number of carbonyl (C=O) groups excluding carboxylic acids is 1. The molecular weight excluding hydrogens is 238 g/mol. The molecule has 4 heteroatoms. The highest BCUT2D eigenvalue weighted by molar-refractivity contribution is 5.85. The van der Waals surface area contributed by atoms with E-state index in [9.17, 15) is 4.79 Å². The van der Waals surface area contributed by atoms with E-state index in [-0.39, 0.29) is 23.8 Å². The molecule has 0 aromatic heterocycles. The zero-order valence-electron chi connectivity index (χ0n) is 10.7. The van der Waals surface area contributed by atoms with E-state index < -0.39 is 0 Å². The fourth-order valence-corrected chi connectivity index (χ4v) is 3.43. The van der Waals surface area contributed by atoms with Crippen molar-refractivity contribution in [1.82, 2.24) is 5.32 Å². The molecule has 0 bridgehead atoms. The number of ether oxygens (including phenoxy) is 1. The van der Waals surface area contributed by atoms with Gasteiger partial charge in [-0.1, -0.05) is 12.8 Å². The van der Waals surface area contributed by atoms with Crippen LogP contribution < -0.4 is 5.32 Å². The summed E-state index contributed by atoms with van der Waals surface area (Å²) in [4.78, 5) is 12.2. The topological polar surface area (TPSA) is 38.3 Å². The van der Waals surface area contributed by atoms with Crippen LogP contribution >= 0.6 is 12.4 Å². The van der Waals surface area contributed by atoms with E-state index in [1.54, 1.807) is 0 Å². The van der Waals surface area contributed by atoms with Crippen molar-refractivity contribution >= 4 is 18.4 Å². The van der Waals surface area contributed by atoms with Gasteiger partial charge in [-0.15, -0.1) is 12.4 Å². The SMILES string of the molecule is CCOC(=O)C1(C2CCNCC2)CCCC1.Cl. The molecule has 100 valence electrons. The highest BCUT2D eigenvalue weighted by Crippen LogP contribution is 2.48.